The zero-order valence-corrected chi connectivity index (χ0v) is 15.7. The monoisotopic (exact) mass is 366 g/mol. The minimum absolute atomic E-state index is 0.443. The van der Waals surface area contributed by atoms with Crippen molar-refractivity contribution < 1.29 is 14.3 Å². The van der Waals surface area contributed by atoms with Crippen LogP contribution in [0.2, 0.25) is 0 Å². The first kappa shape index (κ1) is 18.8. The Morgan fingerprint density at radius 1 is 0.679 bits per heavy atom. The van der Waals surface area contributed by atoms with Crippen molar-refractivity contribution in [1.29, 1.82) is 0 Å². The SMILES string of the molecule is COc1cc(C#Cc2ccccc2C#Cc2ccccc2)c(C=O)cc1OC. The minimum atomic E-state index is 0.443. The Bertz CT molecular complexity index is 1110. The smallest absolute Gasteiger partial charge is 0.162 e. The highest BCUT2D eigenvalue weighted by Gasteiger charge is 2.09. The first-order valence-corrected chi connectivity index (χ1v) is 8.64. The highest BCUT2D eigenvalue weighted by Crippen LogP contribution is 2.29. The fraction of sp³-hybridized carbons (Fsp3) is 0.0800. The second kappa shape index (κ2) is 9.12. The molecule has 0 fully saturated rings. The summed E-state index contributed by atoms with van der Waals surface area (Å²) in [5, 5.41) is 0. The summed E-state index contributed by atoms with van der Waals surface area (Å²) in [5.74, 6) is 13.5. The molecule has 0 aromatic heterocycles. The highest BCUT2D eigenvalue weighted by atomic mass is 16.5. The maximum absolute atomic E-state index is 11.4. The van der Waals surface area contributed by atoms with Gasteiger partial charge in [0.05, 0.1) is 14.2 Å². The Balaban J connectivity index is 2.00. The summed E-state index contributed by atoms with van der Waals surface area (Å²) < 4.78 is 10.5. The van der Waals surface area contributed by atoms with E-state index in [9.17, 15) is 4.79 Å². The fourth-order valence-corrected chi connectivity index (χ4v) is 2.60. The summed E-state index contributed by atoms with van der Waals surface area (Å²) in [6.07, 6.45) is 0.757. The van der Waals surface area contributed by atoms with Gasteiger partial charge in [-0.05, 0) is 30.3 Å². The lowest BCUT2D eigenvalue weighted by atomic mass is 10.0. The van der Waals surface area contributed by atoms with E-state index >= 15 is 0 Å². The van der Waals surface area contributed by atoms with Crippen LogP contribution in [0.5, 0.6) is 11.5 Å². The molecular formula is C25H18O3. The summed E-state index contributed by atoms with van der Waals surface area (Å²) in [7, 11) is 3.07. The topological polar surface area (TPSA) is 35.5 Å². The number of rotatable bonds is 3. The molecule has 0 N–H and O–H groups in total. The summed E-state index contributed by atoms with van der Waals surface area (Å²) in [5.41, 5.74) is 3.56. The molecule has 0 atom stereocenters. The molecular weight excluding hydrogens is 348 g/mol. The highest BCUT2D eigenvalue weighted by molar-refractivity contribution is 5.81. The number of aldehydes is 1. The van der Waals surface area contributed by atoms with E-state index in [2.05, 4.69) is 23.7 Å². The van der Waals surface area contributed by atoms with Crippen molar-refractivity contribution in [1.82, 2.24) is 0 Å². The third-order valence-corrected chi connectivity index (χ3v) is 4.06. The Hall–Kier alpha value is -3.95. The van der Waals surface area contributed by atoms with Crippen molar-refractivity contribution >= 4 is 6.29 Å². The molecule has 3 rings (SSSR count). The van der Waals surface area contributed by atoms with E-state index in [0.29, 0.717) is 22.6 Å². The summed E-state index contributed by atoms with van der Waals surface area (Å²) in [4.78, 5) is 11.4. The molecule has 0 radical (unpaired) electrons. The van der Waals surface area contributed by atoms with E-state index in [1.807, 2.05) is 54.6 Å². The van der Waals surface area contributed by atoms with Crippen LogP contribution >= 0.6 is 0 Å². The molecule has 0 saturated carbocycles. The molecule has 0 aliphatic heterocycles. The van der Waals surface area contributed by atoms with Crippen LogP contribution in [-0.4, -0.2) is 20.5 Å². The van der Waals surface area contributed by atoms with Crippen LogP contribution in [0.4, 0.5) is 0 Å². The van der Waals surface area contributed by atoms with Gasteiger partial charge in [-0.25, -0.2) is 0 Å². The van der Waals surface area contributed by atoms with E-state index in [4.69, 9.17) is 9.47 Å². The largest absolute Gasteiger partial charge is 0.493 e. The van der Waals surface area contributed by atoms with Gasteiger partial charge in [0.1, 0.15) is 0 Å². The number of methoxy groups -OCH3 is 2. The van der Waals surface area contributed by atoms with Crippen molar-refractivity contribution in [2.24, 2.45) is 0 Å². The molecule has 0 heterocycles. The van der Waals surface area contributed by atoms with Gasteiger partial charge >= 0.3 is 0 Å². The van der Waals surface area contributed by atoms with Gasteiger partial charge in [-0.3, -0.25) is 4.79 Å². The number of hydrogen-bond donors (Lipinski definition) is 0. The molecule has 3 nitrogen and oxygen atoms in total. The number of benzene rings is 3. The van der Waals surface area contributed by atoms with Crippen molar-refractivity contribution in [3.8, 4) is 35.2 Å². The maximum atomic E-state index is 11.4. The molecule has 0 bridgehead atoms. The molecule has 136 valence electrons. The van der Waals surface area contributed by atoms with Gasteiger partial charge in [-0.15, -0.1) is 0 Å². The van der Waals surface area contributed by atoms with Crippen LogP contribution in [0.15, 0.2) is 66.7 Å². The standard InChI is InChI=1S/C25H18O3/c1-27-24-16-22(23(18-26)17-25(24)28-2)15-14-21-11-7-6-10-20(21)13-12-19-8-4-3-5-9-19/h3-11,16-18H,1-2H3. The van der Waals surface area contributed by atoms with E-state index in [1.54, 1.807) is 19.2 Å². The molecule has 3 aromatic rings. The average Bonchev–Trinajstić information content (AvgIpc) is 2.76. The van der Waals surface area contributed by atoms with Crippen LogP contribution in [0.25, 0.3) is 0 Å². The van der Waals surface area contributed by atoms with Gasteiger partial charge in [-0.1, -0.05) is 54.0 Å². The van der Waals surface area contributed by atoms with Crippen LogP contribution in [-0.2, 0) is 0 Å². The molecule has 0 aliphatic carbocycles. The van der Waals surface area contributed by atoms with E-state index in [1.165, 1.54) is 7.11 Å². The Labute approximate surface area is 164 Å². The van der Waals surface area contributed by atoms with Gasteiger partial charge in [0, 0.05) is 33.9 Å². The third kappa shape index (κ3) is 4.41. The molecule has 0 amide bonds. The van der Waals surface area contributed by atoms with Crippen LogP contribution in [0.1, 0.15) is 32.6 Å². The third-order valence-electron chi connectivity index (χ3n) is 4.06. The van der Waals surface area contributed by atoms with Crippen molar-refractivity contribution in [3.05, 3.63) is 94.5 Å². The first-order valence-electron chi connectivity index (χ1n) is 8.64. The second-order valence-electron chi connectivity index (χ2n) is 5.82. The number of ether oxygens (including phenoxy) is 2. The summed E-state index contributed by atoms with van der Waals surface area (Å²) >= 11 is 0. The maximum Gasteiger partial charge on any atom is 0.162 e. The number of carbonyl (C=O) groups excluding carboxylic acids is 1. The normalized spacial score (nSPS) is 9.36. The molecule has 0 saturated heterocycles. The number of hydrogen-bond acceptors (Lipinski definition) is 3. The molecule has 0 unspecified atom stereocenters. The van der Waals surface area contributed by atoms with Gasteiger partial charge in [0.25, 0.3) is 0 Å². The predicted octanol–water partition coefficient (Wildman–Crippen LogP) is 4.32. The van der Waals surface area contributed by atoms with E-state index in [0.717, 1.165) is 23.0 Å². The zero-order chi connectivity index (χ0) is 19.8. The second-order valence-corrected chi connectivity index (χ2v) is 5.82. The quantitative estimate of drug-likeness (QED) is 0.512. The first-order chi connectivity index (χ1) is 13.7. The van der Waals surface area contributed by atoms with Crippen LogP contribution in [0.3, 0.4) is 0 Å². The van der Waals surface area contributed by atoms with Gasteiger partial charge in [0.15, 0.2) is 17.8 Å². The lowest BCUT2D eigenvalue weighted by Gasteiger charge is -2.09. The number of carbonyl (C=O) groups is 1. The molecule has 28 heavy (non-hydrogen) atoms. The molecule has 3 aromatic carbocycles. The average molecular weight is 366 g/mol. The van der Waals surface area contributed by atoms with Gasteiger partial charge in [-0.2, -0.15) is 0 Å². The Morgan fingerprint density at radius 2 is 1.21 bits per heavy atom. The van der Waals surface area contributed by atoms with Crippen molar-refractivity contribution in [2.75, 3.05) is 14.2 Å². The van der Waals surface area contributed by atoms with Gasteiger partial charge in [0.2, 0.25) is 0 Å². The predicted molar refractivity (Wildman–Crippen MR) is 110 cm³/mol. The molecule has 0 spiro atoms. The minimum Gasteiger partial charge on any atom is -0.493 e. The van der Waals surface area contributed by atoms with E-state index < -0.39 is 0 Å². The Morgan fingerprint density at radius 3 is 1.82 bits per heavy atom. The lowest BCUT2D eigenvalue weighted by molar-refractivity contribution is 0.112. The zero-order valence-electron chi connectivity index (χ0n) is 15.7. The van der Waals surface area contributed by atoms with Crippen LogP contribution < -0.4 is 9.47 Å². The lowest BCUT2D eigenvalue weighted by Crippen LogP contribution is -1.95. The van der Waals surface area contributed by atoms with Gasteiger partial charge < -0.3 is 9.47 Å². The van der Waals surface area contributed by atoms with Crippen molar-refractivity contribution in [2.45, 2.75) is 0 Å². The molecule has 3 heteroatoms. The summed E-state index contributed by atoms with van der Waals surface area (Å²) in [6.45, 7) is 0. The van der Waals surface area contributed by atoms with Crippen molar-refractivity contribution in [3.63, 3.8) is 0 Å². The molecule has 0 aliphatic rings. The Kier molecular flexibility index (Phi) is 6.13. The fourth-order valence-electron chi connectivity index (χ4n) is 2.60. The van der Waals surface area contributed by atoms with Crippen LogP contribution in [0, 0.1) is 23.7 Å². The van der Waals surface area contributed by atoms with E-state index in [-0.39, 0.29) is 0 Å². The summed E-state index contributed by atoms with van der Waals surface area (Å²) in [6, 6.07) is 20.8.